The highest BCUT2D eigenvalue weighted by Gasteiger charge is 2.17. The summed E-state index contributed by atoms with van der Waals surface area (Å²) in [7, 11) is 0. The molecule has 0 saturated carbocycles. The van der Waals surface area contributed by atoms with Gasteiger partial charge in [0.2, 0.25) is 0 Å². The third-order valence-corrected chi connectivity index (χ3v) is 4.72. The third-order valence-electron chi connectivity index (χ3n) is 3.85. The van der Waals surface area contributed by atoms with Crippen molar-refractivity contribution in [1.82, 2.24) is 14.9 Å². The van der Waals surface area contributed by atoms with Gasteiger partial charge in [0.05, 0.1) is 18.2 Å². The first kappa shape index (κ1) is 12.8. The fourth-order valence-electron chi connectivity index (χ4n) is 2.83. The lowest BCUT2D eigenvalue weighted by atomic mass is 10.2. The maximum Gasteiger partial charge on any atom is 0.260 e. The number of H-pyrrole nitrogens is 1. The molecule has 0 bridgehead atoms. The summed E-state index contributed by atoms with van der Waals surface area (Å²) in [5.41, 5.74) is 0.739. The van der Waals surface area contributed by atoms with Crippen LogP contribution in [0.4, 0.5) is 0 Å². The number of likely N-dealkylation sites (tertiary alicyclic amines) is 1. The number of aromatic nitrogens is 2. The molecule has 1 fully saturated rings. The Kier molecular flexibility index (Phi) is 3.12. The van der Waals surface area contributed by atoms with Gasteiger partial charge >= 0.3 is 0 Å². The SMILES string of the molecule is O=c1[nH]c(CN2CCCC2)nc2scc(-c3ccco3)c12. The molecule has 0 atom stereocenters. The largest absolute Gasteiger partial charge is 0.464 e. The average Bonchev–Trinajstić information content (AvgIpc) is 3.19. The van der Waals surface area contributed by atoms with Crippen molar-refractivity contribution in [3.8, 4) is 11.3 Å². The van der Waals surface area contributed by atoms with Crippen LogP contribution in [0.25, 0.3) is 21.5 Å². The molecule has 3 aromatic rings. The Morgan fingerprint density at radius 2 is 2.24 bits per heavy atom. The lowest BCUT2D eigenvalue weighted by molar-refractivity contribution is 0.322. The van der Waals surface area contributed by atoms with Crippen LogP contribution in [0.2, 0.25) is 0 Å². The van der Waals surface area contributed by atoms with E-state index in [1.807, 2.05) is 17.5 Å². The molecule has 1 aliphatic rings. The quantitative estimate of drug-likeness (QED) is 0.808. The number of fused-ring (bicyclic) bond motifs is 1. The van der Waals surface area contributed by atoms with Crippen molar-refractivity contribution in [3.05, 3.63) is 40.0 Å². The Morgan fingerprint density at radius 1 is 1.38 bits per heavy atom. The molecule has 3 aromatic heterocycles. The van der Waals surface area contributed by atoms with Gasteiger partial charge in [-0.05, 0) is 38.1 Å². The normalized spacial score (nSPS) is 16.0. The van der Waals surface area contributed by atoms with Crippen LogP contribution in [0.3, 0.4) is 0 Å². The summed E-state index contributed by atoms with van der Waals surface area (Å²) in [5, 5.41) is 2.56. The molecule has 0 amide bonds. The fourth-order valence-corrected chi connectivity index (χ4v) is 3.78. The number of thiophene rings is 1. The smallest absolute Gasteiger partial charge is 0.260 e. The monoisotopic (exact) mass is 301 g/mol. The summed E-state index contributed by atoms with van der Waals surface area (Å²) in [4.78, 5) is 23.0. The first-order chi connectivity index (χ1) is 10.3. The Bertz CT molecular complexity index is 813. The highest BCUT2D eigenvalue weighted by Crippen LogP contribution is 2.30. The number of hydrogen-bond acceptors (Lipinski definition) is 5. The summed E-state index contributed by atoms with van der Waals surface area (Å²) in [5.74, 6) is 1.46. The zero-order valence-corrected chi connectivity index (χ0v) is 12.3. The molecular formula is C15H15N3O2S. The topological polar surface area (TPSA) is 62.1 Å². The van der Waals surface area contributed by atoms with Gasteiger partial charge in [-0.2, -0.15) is 0 Å². The molecule has 4 heterocycles. The molecule has 21 heavy (non-hydrogen) atoms. The molecule has 0 aliphatic carbocycles. The van der Waals surface area contributed by atoms with E-state index in [4.69, 9.17) is 4.42 Å². The van der Waals surface area contributed by atoms with Crippen molar-refractivity contribution < 1.29 is 4.42 Å². The van der Waals surface area contributed by atoms with Crippen molar-refractivity contribution in [3.63, 3.8) is 0 Å². The highest BCUT2D eigenvalue weighted by atomic mass is 32.1. The van der Waals surface area contributed by atoms with Crippen molar-refractivity contribution >= 4 is 21.6 Å². The Labute approximate surface area is 125 Å². The number of aromatic amines is 1. The van der Waals surface area contributed by atoms with E-state index >= 15 is 0 Å². The van der Waals surface area contributed by atoms with Crippen LogP contribution in [-0.4, -0.2) is 28.0 Å². The number of rotatable bonds is 3. The summed E-state index contributed by atoms with van der Waals surface area (Å²) in [6.45, 7) is 2.90. The van der Waals surface area contributed by atoms with E-state index in [0.717, 1.165) is 35.9 Å². The van der Waals surface area contributed by atoms with Gasteiger partial charge in [0.1, 0.15) is 16.4 Å². The second kappa shape index (κ2) is 5.13. The summed E-state index contributed by atoms with van der Waals surface area (Å²) < 4.78 is 5.40. The highest BCUT2D eigenvalue weighted by molar-refractivity contribution is 7.17. The number of hydrogen-bond donors (Lipinski definition) is 1. The van der Waals surface area contributed by atoms with Gasteiger partial charge in [0, 0.05) is 10.9 Å². The second-order valence-electron chi connectivity index (χ2n) is 5.30. The van der Waals surface area contributed by atoms with Crippen LogP contribution < -0.4 is 5.56 Å². The van der Waals surface area contributed by atoms with Crippen molar-refractivity contribution in [2.24, 2.45) is 0 Å². The van der Waals surface area contributed by atoms with Gasteiger partial charge < -0.3 is 9.40 Å². The summed E-state index contributed by atoms with van der Waals surface area (Å²) in [6.07, 6.45) is 4.07. The standard InChI is InChI=1S/C15H15N3O2S/c19-14-13-10(11-4-3-7-20-11)9-21-15(13)17-12(16-14)8-18-5-1-2-6-18/h3-4,7,9H,1-2,5-6,8H2,(H,16,17,19). The van der Waals surface area contributed by atoms with Gasteiger partial charge in [-0.3, -0.25) is 9.69 Å². The fraction of sp³-hybridized carbons (Fsp3) is 0.333. The molecule has 1 aliphatic heterocycles. The number of nitrogens with one attached hydrogen (secondary N) is 1. The van der Waals surface area contributed by atoms with Crippen LogP contribution in [0.15, 0.2) is 33.0 Å². The number of nitrogens with zero attached hydrogens (tertiary/aromatic N) is 2. The van der Waals surface area contributed by atoms with Crippen LogP contribution in [0.5, 0.6) is 0 Å². The minimum Gasteiger partial charge on any atom is -0.464 e. The minimum atomic E-state index is -0.0816. The van der Waals surface area contributed by atoms with Crippen LogP contribution in [0.1, 0.15) is 18.7 Å². The molecule has 0 spiro atoms. The van der Waals surface area contributed by atoms with Crippen molar-refractivity contribution in [2.75, 3.05) is 13.1 Å². The van der Waals surface area contributed by atoms with Gasteiger partial charge in [0.25, 0.3) is 5.56 Å². The number of furan rings is 1. The van der Waals surface area contributed by atoms with Crippen LogP contribution in [0, 0.1) is 0 Å². The van der Waals surface area contributed by atoms with E-state index in [9.17, 15) is 4.79 Å². The molecule has 0 unspecified atom stereocenters. The van der Waals surface area contributed by atoms with E-state index < -0.39 is 0 Å². The first-order valence-electron chi connectivity index (χ1n) is 7.08. The van der Waals surface area contributed by atoms with E-state index in [2.05, 4.69) is 14.9 Å². The molecule has 0 aromatic carbocycles. The molecular weight excluding hydrogens is 286 g/mol. The van der Waals surface area contributed by atoms with Gasteiger partial charge in [0.15, 0.2) is 0 Å². The average molecular weight is 301 g/mol. The molecule has 1 N–H and O–H groups in total. The zero-order chi connectivity index (χ0) is 14.2. The Hall–Kier alpha value is -1.92. The lowest BCUT2D eigenvalue weighted by Crippen LogP contribution is -2.22. The summed E-state index contributed by atoms with van der Waals surface area (Å²) >= 11 is 1.49. The lowest BCUT2D eigenvalue weighted by Gasteiger charge is -2.13. The maximum atomic E-state index is 12.4. The van der Waals surface area contributed by atoms with E-state index in [0.29, 0.717) is 11.1 Å². The second-order valence-corrected chi connectivity index (χ2v) is 6.16. The molecule has 0 radical (unpaired) electrons. The molecule has 108 valence electrons. The predicted molar refractivity (Wildman–Crippen MR) is 82.5 cm³/mol. The van der Waals surface area contributed by atoms with Crippen molar-refractivity contribution in [1.29, 1.82) is 0 Å². The predicted octanol–water partition coefficient (Wildman–Crippen LogP) is 2.84. The first-order valence-corrected chi connectivity index (χ1v) is 7.96. The zero-order valence-electron chi connectivity index (χ0n) is 11.5. The molecule has 5 nitrogen and oxygen atoms in total. The Balaban J connectivity index is 1.76. The van der Waals surface area contributed by atoms with E-state index in [-0.39, 0.29) is 5.56 Å². The van der Waals surface area contributed by atoms with Crippen molar-refractivity contribution in [2.45, 2.75) is 19.4 Å². The molecule has 1 saturated heterocycles. The van der Waals surface area contributed by atoms with Crippen LogP contribution >= 0.6 is 11.3 Å². The molecule has 6 heteroatoms. The van der Waals surface area contributed by atoms with Crippen LogP contribution in [-0.2, 0) is 6.54 Å². The van der Waals surface area contributed by atoms with Gasteiger partial charge in [-0.1, -0.05) is 0 Å². The maximum absolute atomic E-state index is 12.4. The summed E-state index contributed by atoms with van der Waals surface area (Å²) in [6, 6.07) is 3.68. The van der Waals surface area contributed by atoms with Gasteiger partial charge in [-0.15, -0.1) is 11.3 Å². The van der Waals surface area contributed by atoms with Gasteiger partial charge in [-0.25, -0.2) is 4.98 Å². The van der Waals surface area contributed by atoms with E-state index in [1.165, 1.54) is 24.2 Å². The third kappa shape index (κ3) is 2.30. The van der Waals surface area contributed by atoms with E-state index in [1.54, 1.807) is 6.26 Å². The minimum absolute atomic E-state index is 0.0816. The molecule has 4 rings (SSSR count). The Morgan fingerprint density at radius 3 is 3.00 bits per heavy atom.